The molecule has 4 rings (SSSR count). The van der Waals surface area contributed by atoms with Crippen LogP contribution in [0.3, 0.4) is 0 Å². The summed E-state index contributed by atoms with van der Waals surface area (Å²) in [6, 6.07) is 8.16. The lowest BCUT2D eigenvalue weighted by Crippen LogP contribution is -2.47. The van der Waals surface area contributed by atoms with Gasteiger partial charge in [0.15, 0.2) is 5.82 Å². The number of hydrogen-bond donors (Lipinski definition) is 3. The molecular weight excluding hydrogens is 409 g/mol. The molecule has 1 amide bonds. The van der Waals surface area contributed by atoms with E-state index in [0.717, 1.165) is 18.4 Å². The molecule has 1 atom stereocenters. The average molecular weight is 430 g/mol. The summed E-state index contributed by atoms with van der Waals surface area (Å²) in [5.74, 6) is 0.540. The summed E-state index contributed by atoms with van der Waals surface area (Å²) in [6.45, 7) is 1.14. The topological polar surface area (TPSA) is 88.2 Å². The van der Waals surface area contributed by atoms with Crippen molar-refractivity contribution in [2.45, 2.75) is 25.4 Å². The monoisotopic (exact) mass is 429 g/mol. The molecule has 2 aromatic carbocycles. The minimum absolute atomic E-state index is 0.00289. The molecule has 1 saturated heterocycles. The number of nitrogens with one attached hydrogen (secondary N) is 3. The molecule has 1 aromatic heterocycles. The second-order valence-electron chi connectivity index (χ2n) is 7.00. The predicted molar refractivity (Wildman–Crippen MR) is 114 cm³/mol. The van der Waals surface area contributed by atoms with E-state index in [0.29, 0.717) is 35.6 Å². The number of anilines is 2. The number of carbonyl (C=O) groups is 1. The summed E-state index contributed by atoms with van der Waals surface area (Å²) in [5, 5.41) is 9.86. The van der Waals surface area contributed by atoms with Gasteiger partial charge in [-0.2, -0.15) is 0 Å². The van der Waals surface area contributed by atoms with Crippen LogP contribution in [0.15, 0.2) is 36.7 Å². The highest BCUT2D eigenvalue weighted by molar-refractivity contribution is 6.31. The Bertz CT molecular complexity index is 1090. The molecule has 3 N–H and O–H groups in total. The number of methoxy groups -OCH3 is 1. The highest BCUT2D eigenvalue weighted by Gasteiger charge is 2.22. The van der Waals surface area contributed by atoms with E-state index in [4.69, 9.17) is 16.3 Å². The average Bonchev–Trinajstić information content (AvgIpc) is 2.76. The Morgan fingerprint density at radius 3 is 3.00 bits per heavy atom. The molecule has 3 aromatic rings. The lowest BCUT2D eigenvalue weighted by Gasteiger charge is -2.23. The predicted octanol–water partition coefficient (Wildman–Crippen LogP) is 3.54. The quantitative estimate of drug-likeness (QED) is 0.555. The number of ether oxygens (including phenoxy) is 1. The van der Waals surface area contributed by atoms with Crippen molar-refractivity contribution in [3.8, 4) is 5.75 Å². The number of carbonyl (C=O) groups excluding carboxylic acids is 1. The van der Waals surface area contributed by atoms with Crippen LogP contribution in [0.1, 0.15) is 18.4 Å². The molecule has 0 aliphatic carbocycles. The summed E-state index contributed by atoms with van der Waals surface area (Å²) in [6.07, 6.45) is 3.12. The van der Waals surface area contributed by atoms with Crippen molar-refractivity contribution in [3.05, 3.63) is 53.1 Å². The van der Waals surface area contributed by atoms with E-state index in [-0.39, 0.29) is 22.7 Å². The van der Waals surface area contributed by atoms with E-state index in [1.165, 1.54) is 12.4 Å². The zero-order valence-corrected chi connectivity index (χ0v) is 17.1. The fourth-order valence-electron chi connectivity index (χ4n) is 3.48. The van der Waals surface area contributed by atoms with Crippen LogP contribution in [0.4, 0.5) is 15.9 Å². The number of rotatable bonds is 6. The van der Waals surface area contributed by atoms with E-state index in [2.05, 4.69) is 25.9 Å². The number of hydrogen-bond acceptors (Lipinski definition) is 6. The van der Waals surface area contributed by atoms with Gasteiger partial charge in [0.1, 0.15) is 17.9 Å². The van der Waals surface area contributed by atoms with E-state index >= 15 is 0 Å². The molecule has 9 heteroatoms. The lowest BCUT2D eigenvalue weighted by molar-refractivity contribution is -0.124. The van der Waals surface area contributed by atoms with Crippen LogP contribution in [0.2, 0.25) is 5.02 Å². The Kier molecular flexibility index (Phi) is 5.96. The summed E-state index contributed by atoms with van der Waals surface area (Å²) >= 11 is 5.88. The lowest BCUT2D eigenvalue weighted by atomic mass is 10.1. The third kappa shape index (κ3) is 4.15. The fraction of sp³-hybridized carbons (Fsp3) is 0.286. The molecule has 1 fully saturated rings. The minimum atomic E-state index is -0.551. The second kappa shape index (κ2) is 8.81. The van der Waals surface area contributed by atoms with Gasteiger partial charge in [-0.15, -0.1) is 0 Å². The van der Waals surface area contributed by atoms with Crippen molar-refractivity contribution in [2.24, 2.45) is 0 Å². The Labute approximate surface area is 178 Å². The number of amides is 1. The Balaban J connectivity index is 1.66. The van der Waals surface area contributed by atoms with Gasteiger partial charge in [-0.1, -0.05) is 17.7 Å². The van der Waals surface area contributed by atoms with E-state index < -0.39 is 5.82 Å². The molecule has 0 radical (unpaired) electrons. The van der Waals surface area contributed by atoms with Gasteiger partial charge in [0.2, 0.25) is 5.91 Å². The maximum absolute atomic E-state index is 14.3. The van der Waals surface area contributed by atoms with Crippen LogP contribution in [0.25, 0.3) is 10.9 Å². The van der Waals surface area contributed by atoms with Crippen molar-refractivity contribution in [1.82, 2.24) is 20.6 Å². The van der Waals surface area contributed by atoms with Gasteiger partial charge in [-0.05, 0) is 31.0 Å². The first-order valence-corrected chi connectivity index (χ1v) is 9.98. The SMILES string of the molecule is COc1cc2ncnc(Nc3cccc(Cl)c3F)c2cc1CNC1CCCNC1=O. The minimum Gasteiger partial charge on any atom is -0.496 e. The van der Waals surface area contributed by atoms with E-state index in [1.54, 1.807) is 25.3 Å². The third-order valence-electron chi connectivity index (χ3n) is 5.07. The first-order valence-electron chi connectivity index (χ1n) is 9.60. The first-order chi connectivity index (χ1) is 14.6. The Morgan fingerprint density at radius 2 is 2.20 bits per heavy atom. The van der Waals surface area contributed by atoms with Crippen molar-refractivity contribution < 1.29 is 13.9 Å². The molecule has 0 bridgehead atoms. The standard InChI is InChI=1S/C21H21ClFN5O2/c1-30-18-9-17-13(8-12(18)10-25-16-6-3-7-24-21(16)29)20(27-11-26-17)28-15-5-2-4-14(22)19(15)23/h2,4-5,8-9,11,16,25H,3,6-7,10H2,1H3,(H,24,29)(H,26,27,28). The maximum Gasteiger partial charge on any atom is 0.237 e. The summed E-state index contributed by atoms with van der Waals surface area (Å²) < 4.78 is 19.9. The van der Waals surface area contributed by atoms with Gasteiger partial charge in [0.05, 0.1) is 29.4 Å². The summed E-state index contributed by atoms with van der Waals surface area (Å²) in [4.78, 5) is 20.6. The number of piperidine rings is 1. The Morgan fingerprint density at radius 1 is 1.33 bits per heavy atom. The molecule has 1 aliphatic rings. The fourth-order valence-corrected chi connectivity index (χ4v) is 3.66. The van der Waals surface area contributed by atoms with Crippen molar-refractivity contribution in [1.29, 1.82) is 0 Å². The highest BCUT2D eigenvalue weighted by Crippen LogP contribution is 2.31. The van der Waals surface area contributed by atoms with Gasteiger partial charge in [0, 0.05) is 30.1 Å². The van der Waals surface area contributed by atoms with Crippen LogP contribution < -0.4 is 20.7 Å². The van der Waals surface area contributed by atoms with Gasteiger partial charge in [-0.25, -0.2) is 14.4 Å². The van der Waals surface area contributed by atoms with Crippen LogP contribution in [-0.2, 0) is 11.3 Å². The van der Waals surface area contributed by atoms with Gasteiger partial charge in [-0.3, -0.25) is 4.79 Å². The number of halogens is 2. The zero-order valence-electron chi connectivity index (χ0n) is 16.3. The molecule has 30 heavy (non-hydrogen) atoms. The van der Waals surface area contributed by atoms with Gasteiger partial charge < -0.3 is 20.7 Å². The Hall–Kier alpha value is -2.97. The molecule has 7 nitrogen and oxygen atoms in total. The number of nitrogens with zero attached hydrogens (tertiary/aromatic N) is 2. The van der Waals surface area contributed by atoms with Crippen molar-refractivity contribution in [3.63, 3.8) is 0 Å². The molecule has 0 spiro atoms. The van der Waals surface area contributed by atoms with E-state index in [9.17, 15) is 9.18 Å². The highest BCUT2D eigenvalue weighted by atomic mass is 35.5. The molecule has 156 valence electrons. The molecule has 1 aliphatic heterocycles. The van der Waals surface area contributed by atoms with Crippen LogP contribution in [-0.4, -0.2) is 35.6 Å². The van der Waals surface area contributed by atoms with Gasteiger partial charge >= 0.3 is 0 Å². The second-order valence-corrected chi connectivity index (χ2v) is 7.40. The van der Waals surface area contributed by atoms with Crippen LogP contribution in [0.5, 0.6) is 5.75 Å². The zero-order chi connectivity index (χ0) is 21.1. The van der Waals surface area contributed by atoms with Crippen LogP contribution in [0, 0.1) is 5.82 Å². The molecule has 2 heterocycles. The third-order valence-corrected chi connectivity index (χ3v) is 5.36. The first kappa shape index (κ1) is 20.3. The number of benzene rings is 2. The smallest absolute Gasteiger partial charge is 0.237 e. The molecule has 1 unspecified atom stereocenters. The normalized spacial score (nSPS) is 16.4. The van der Waals surface area contributed by atoms with Crippen molar-refractivity contribution >= 4 is 39.9 Å². The largest absolute Gasteiger partial charge is 0.496 e. The van der Waals surface area contributed by atoms with Crippen LogP contribution >= 0.6 is 11.6 Å². The maximum atomic E-state index is 14.3. The summed E-state index contributed by atoms with van der Waals surface area (Å²) in [5.41, 5.74) is 1.70. The number of aromatic nitrogens is 2. The summed E-state index contributed by atoms with van der Waals surface area (Å²) in [7, 11) is 1.58. The molecular formula is C21H21ClFN5O2. The van der Waals surface area contributed by atoms with Crippen molar-refractivity contribution in [2.75, 3.05) is 19.0 Å². The molecule has 0 saturated carbocycles. The van der Waals surface area contributed by atoms with E-state index in [1.807, 2.05) is 6.07 Å². The number of fused-ring (bicyclic) bond motifs is 1. The van der Waals surface area contributed by atoms with Gasteiger partial charge in [0.25, 0.3) is 0 Å².